The lowest BCUT2D eigenvalue weighted by atomic mass is 9.64. The minimum atomic E-state index is -0.282. The Bertz CT molecular complexity index is 404. The number of hydrogen-bond acceptors (Lipinski definition) is 2. The van der Waals surface area contributed by atoms with Gasteiger partial charge in [0.1, 0.15) is 0 Å². The maximum atomic E-state index is 12.4. The maximum absolute atomic E-state index is 12.4. The molecule has 0 spiro atoms. The summed E-state index contributed by atoms with van der Waals surface area (Å²) in [6.07, 6.45) is 3.05. The molecule has 19 heavy (non-hydrogen) atoms. The molecule has 1 atom stereocenters. The molecule has 0 bridgehead atoms. The van der Waals surface area contributed by atoms with Crippen molar-refractivity contribution in [2.24, 2.45) is 11.7 Å². The first kappa shape index (κ1) is 16.0. The van der Waals surface area contributed by atoms with Gasteiger partial charge in [0, 0.05) is 6.54 Å². The van der Waals surface area contributed by atoms with Crippen LogP contribution in [-0.2, 0) is 10.2 Å². The summed E-state index contributed by atoms with van der Waals surface area (Å²) in [5, 5.41) is 3.06. The number of benzene rings is 1. The van der Waals surface area contributed by atoms with E-state index in [0.29, 0.717) is 19.0 Å². The van der Waals surface area contributed by atoms with E-state index in [-0.39, 0.29) is 23.7 Å². The fraction of sp³-hybridized carbons (Fsp3) is 0.533. The summed E-state index contributed by atoms with van der Waals surface area (Å²) in [5.41, 5.74) is 6.44. The molecule has 1 aliphatic rings. The normalized spacial score (nSPS) is 17.8. The number of halogens is 1. The van der Waals surface area contributed by atoms with Crippen LogP contribution in [0.4, 0.5) is 0 Å². The number of nitrogens with one attached hydrogen (secondary N) is 1. The Hall–Kier alpha value is -1.06. The van der Waals surface area contributed by atoms with E-state index in [0.717, 1.165) is 24.8 Å². The average Bonchev–Trinajstić information content (AvgIpc) is 2.36. The van der Waals surface area contributed by atoms with Gasteiger partial charge in [0.25, 0.3) is 0 Å². The van der Waals surface area contributed by atoms with Crippen molar-refractivity contribution in [2.45, 2.75) is 31.6 Å². The van der Waals surface area contributed by atoms with E-state index in [1.165, 1.54) is 0 Å². The van der Waals surface area contributed by atoms with Crippen molar-refractivity contribution in [1.82, 2.24) is 5.32 Å². The molecule has 0 aromatic heterocycles. The highest BCUT2D eigenvalue weighted by molar-refractivity contribution is 5.89. The van der Waals surface area contributed by atoms with Gasteiger partial charge >= 0.3 is 0 Å². The monoisotopic (exact) mass is 282 g/mol. The maximum Gasteiger partial charge on any atom is 0.230 e. The highest BCUT2D eigenvalue weighted by Crippen LogP contribution is 2.43. The first-order valence-corrected chi connectivity index (χ1v) is 6.73. The van der Waals surface area contributed by atoms with E-state index >= 15 is 0 Å². The highest BCUT2D eigenvalue weighted by atomic mass is 35.5. The first-order valence-electron chi connectivity index (χ1n) is 6.73. The zero-order valence-electron chi connectivity index (χ0n) is 11.4. The van der Waals surface area contributed by atoms with Crippen LogP contribution >= 0.6 is 12.4 Å². The lowest BCUT2D eigenvalue weighted by Gasteiger charge is -2.41. The largest absolute Gasteiger partial charge is 0.355 e. The molecule has 0 heterocycles. The van der Waals surface area contributed by atoms with Crippen LogP contribution < -0.4 is 11.1 Å². The summed E-state index contributed by atoms with van der Waals surface area (Å²) in [4.78, 5) is 12.4. The third kappa shape index (κ3) is 3.28. The molecule has 0 radical (unpaired) electrons. The quantitative estimate of drug-likeness (QED) is 0.870. The fourth-order valence-corrected chi connectivity index (χ4v) is 2.45. The van der Waals surface area contributed by atoms with Crippen molar-refractivity contribution >= 4 is 18.3 Å². The molecule has 1 aromatic carbocycles. The van der Waals surface area contributed by atoms with Crippen LogP contribution in [0.25, 0.3) is 0 Å². The summed E-state index contributed by atoms with van der Waals surface area (Å²) in [6.45, 7) is 3.33. The van der Waals surface area contributed by atoms with Gasteiger partial charge in [-0.3, -0.25) is 4.79 Å². The van der Waals surface area contributed by atoms with Gasteiger partial charge in [0.05, 0.1) is 5.41 Å². The van der Waals surface area contributed by atoms with E-state index in [4.69, 9.17) is 5.73 Å². The van der Waals surface area contributed by atoms with Crippen molar-refractivity contribution < 1.29 is 4.79 Å². The van der Waals surface area contributed by atoms with E-state index in [1.807, 2.05) is 18.2 Å². The van der Waals surface area contributed by atoms with E-state index < -0.39 is 0 Å². The van der Waals surface area contributed by atoms with Crippen molar-refractivity contribution in [3.63, 3.8) is 0 Å². The molecule has 3 N–H and O–H groups in total. The number of carbonyl (C=O) groups is 1. The minimum absolute atomic E-state index is 0. The highest BCUT2D eigenvalue weighted by Gasteiger charge is 2.45. The van der Waals surface area contributed by atoms with E-state index in [2.05, 4.69) is 24.4 Å². The van der Waals surface area contributed by atoms with Gasteiger partial charge in [-0.1, -0.05) is 43.7 Å². The molecule has 1 aliphatic carbocycles. The lowest BCUT2D eigenvalue weighted by Crippen LogP contribution is -2.50. The lowest BCUT2D eigenvalue weighted by molar-refractivity contribution is -0.130. The van der Waals surface area contributed by atoms with Crippen molar-refractivity contribution in [2.75, 3.05) is 13.1 Å². The van der Waals surface area contributed by atoms with Crippen LogP contribution in [0.2, 0.25) is 0 Å². The zero-order valence-corrected chi connectivity index (χ0v) is 12.2. The molecule has 0 saturated heterocycles. The smallest absolute Gasteiger partial charge is 0.230 e. The zero-order chi connectivity index (χ0) is 13.0. The van der Waals surface area contributed by atoms with Crippen molar-refractivity contribution in [3.05, 3.63) is 35.9 Å². The molecule has 106 valence electrons. The third-order valence-electron chi connectivity index (χ3n) is 3.98. The van der Waals surface area contributed by atoms with E-state index in [9.17, 15) is 4.79 Å². The van der Waals surface area contributed by atoms with Gasteiger partial charge < -0.3 is 11.1 Å². The number of nitrogens with two attached hydrogens (primary N) is 1. The van der Waals surface area contributed by atoms with E-state index in [1.54, 1.807) is 0 Å². The van der Waals surface area contributed by atoms with Gasteiger partial charge in [0.15, 0.2) is 0 Å². The van der Waals surface area contributed by atoms with Crippen molar-refractivity contribution in [3.8, 4) is 0 Å². The van der Waals surface area contributed by atoms with Crippen LogP contribution in [-0.4, -0.2) is 19.0 Å². The van der Waals surface area contributed by atoms with Gasteiger partial charge in [-0.25, -0.2) is 0 Å². The number of rotatable bonds is 5. The summed E-state index contributed by atoms with van der Waals surface area (Å²) in [5.74, 6) is 0.502. The minimum Gasteiger partial charge on any atom is -0.355 e. The Morgan fingerprint density at radius 1 is 1.37 bits per heavy atom. The SMILES string of the molecule is CC(CN)CNC(=O)C1(c2ccccc2)CCC1.Cl. The Morgan fingerprint density at radius 2 is 2.00 bits per heavy atom. The molecular weight excluding hydrogens is 260 g/mol. The molecule has 1 aromatic rings. The van der Waals surface area contributed by atoms with Gasteiger partial charge in [0.2, 0.25) is 5.91 Å². The molecular formula is C15H23ClN2O. The van der Waals surface area contributed by atoms with Crippen LogP contribution in [0.5, 0.6) is 0 Å². The molecule has 1 saturated carbocycles. The van der Waals surface area contributed by atoms with Gasteiger partial charge in [-0.2, -0.15) is 0 Å². The molecule has 4 heteroatoms. The second kappa shape index (κ2) is 6.92. The van der Waals surface area contributed by atoms with Crippen molar-refractivity contribution in [1.29, 1.82) is 0 Å². The Morgan fingerprint density at radius 3 is 2.47 bits per heavy atom. The Labute approximate surface area is 121 Å². The molecule has 3 nitrogen and oxygen atoms in total. The summed E-state index contributed by atoms with van der Waals surface area (Å²) in [7, 11) is 0. The fourth-order valence-electron chi connectivity index (χ4n) is 2.45. The van der Waals surface area contributed by atoms with Crippen LogP contribution in [0.3, 0.4) is 0 Å². The second-order valence-corrected chi connectivity index (χ2v) is 5.35. The molecule has 1 amide bonds. The molecule has 0 aliphatic heterocycles. The van der Waals surface area contributed by atoms with Gasteiger partial charge in [-0.05, 0) is 30.9 Å². The topological polar surface area (TPSA) is 55.1 Å². The molecule has 1 fully saturated rings. The Kier molecular flexibility index (Phi) is 5.83. The number of carbonyl (C=O) groups excluding carboxylic acids is 1. The summed E-state index contributed by atoms with van der Waals surface area (Å²) >= 11 is 0. The van der Waals surface area contributed by atoms with Crippen LogP contribution in [0.1, 0.15) is 31.7 Å². The first-order chi connectivity index (χ1) is 8.69. The molecule has 1 unspecified atom stereocenters. The second-order valence-electron chi connectivity index (χ2n) is 5.35. The summed E-state index contributed by atoms with van der Waals surface area (Å²) < 4.78 is 0. The number of amides is 1. The van der Waals surface area contributed by atoms with Crippen LogP contribution in [0, 0.1) is 5.92 Å². The third-order valence-corrected chi connectivity index (χ3v) is 3.98. The van der Waals surface area contributed by atoms with Gasteiger partial charge in [-0.15, -0.1) is 12.4 Å². The van der Waals surface area contributed by atoms with Crippen LogP contribution in [0.15, 0.2) is 30.3 Å². The number of hydrogen-bond donors (Lipinski definition) is 2. The standard InChI is InChI=1S/C15H22N2O.ClH/c1-12(10-16)11-17-14(18)15(8-5-9-15)13-6-3-2-4-7-13;/h2-4,6-7,12H,5,8-11,16H2,1H3,(H,17,18);1H. The average molecular weight is 283 g/mol. The predicted molar refractivity (Wildman–Crippen MR) is 80.4 cm³/mol. The predicted octanol–water partition coefficient (Wildman–Crippen LogP) is 2.24. The molecule has 2 rings (SSSR count). The Balaban J connectivity index is 0.00000180. The summed E-state index contributed by atoms with van der Waals surface area (Å²) in [6, 6.07) is 10.1.